The average molecular weight is 375 g/mol. The molecule has 6 nitrogen and oxygen atoms in total. The van der Waals surface area contributed by atoms with Crippen LogP contribution in [0.1, 0.15) is 37.0 Å². The molecule has 0 saturated heterocycles. The fraction of sp³-hybridized carbons (Fsp3) is 0.273. The van der Waals surface area contributed by atoms with E-state index in [0.717, 1.165) is 39.9 Å². The van der Waals surface area contributed by atoms with Gasteiger partial charge in [-0.05, 0) is 12.5 Å². The molecule has 6 heteroatoms. The number of benzene rings is 2. The fourth-order valence-corrected chi connectivity index (χ4v) is 3.71. The molecule has 28 heavy (non-hydrogen) atoms. The lowest BCUT2D eigenvalue weighted by Gasteiger charge is -2.25. The van der Waals surface area contributed by atoms with E-state index >= 15 is 0 Å². The molecule has 0 spiro atoms. The Kier molecular flexibility index (Phi) is 5.02. The molecule has 1 aliphatic carbocycles. The summed E-state index contributed by atoms with van der Waals surface area (Å²) >= 11 is 0. The summed E-state index contributed by atoms with van der Waals surface area (Å²) in [6.07, 6.45) is 1.09. The summed E-state index contributed by atoms with van der Waals surface area (Å²) in [6, 6.07) is 15.9. The van der Waals surface area contributed by atoms with Crippen molar-refractivity contribution in [2.45, 2.75) is 38.8 Å². The minimum Gasteiger partial charge on any atom is -0.457 e. The van der Waals surface area contributed by atoms with E-state index in [4.69, 9.17) is 4.74 Å². The molecule has 0 saturated carbocycles. The first kappa shape index (κ1) is 18.1. The molecule has 1 aliphatic rings. The van der Waals surface area contributed by atoms with Crippen molar-refractivity contribution >= 4 is 12.3 Å². The maximum Gasteiger partial charge on any atom is 0.306 e. The van der Waals surface area contributed by atoms with Gasteiger partial charge < -0.3 is 9.53 Å². The second kappa shape index (κ2) is 7.76. The second-order valence-corrected chi connectivity index (χ2v) is 6.73. The number of nitrogens with zero attached hydrogens (tertiary/aromatic N) is 3. The molecule has 0 amide bonds. The van der Waals surface area contributed by atoms with Gasteiger partial charge in [-0.25, -0.2) is 4.68 Å². The topological polar surface area (TPSA) is 74.1 Å². The molecule has 2 aromatic carbocycles. The monoisotopic (exact) mass is 375 g/mol. The molecule has 0 fully saturated rings. The molecule has 1 heterocycles. The van der Waals surface area contributed by atoms with Crippen LogP contribution >= 0.6 is 0 Å². The molecule has 0 aliphatic heterocycles. The number of carbonyl (C=O) groups excluding carboxylic acids is 2. The second-order valence-electron chi connectivity index (χ2n) is 6.73. The third kappa shape index (κ3) is 3.22. The Balaban J connectivity index is 1.89. The number of aldehydes is 1. The van der Waals surface area contributed by atoms with Crippen molar-refractivity contribution in [3.05, 3.63) is 59.7 Å². The number of rotatable bonds is 5. The Hall–Kier alpha value is -3.28. The number of aryl methyl sites for hydroxylation is 1. The Morgan fingerprint density at radius 3 is 2.71 bits per heavy atom. The summed E-state index contributed by atoms with van der Waals surface area (Å²) in [4.78, 5) is 22.9. The molecule has 142 valence electrons. The van der Waals surface area contributed by atoms with E-state index in [9.17, 15) is 9.59 Å². The van der Waals surface area contributed by atoms with Gasteiger partial charge in [0.2, 0.25) is 0 Å². The third-order valence-corrected chi connectivity index (χ3v) is 5.02. The van der Waals surface area contributed by atoms with Gasteiger partial charge in [-0.2, -0.15) is 0 Å². The number of fused-ring (bicyclic) bond motifs is 5. The third-order valence-electron chi connectivity index (χ3n) is 5.02. The number of esters is 1. The Morgan fingerprint density at radius 2 is 1.93 bits per heavy atom. The van der Waals surface area contributed by atoms with Crippen LogP contribution in [0.15, 0.2) is 48.5 Å². The van der Waals surface area contributed by atoms with Gasteiger partial charge in [0.1, 0.15) is 18.1 Å². The lowest BCUT2D eigenvalue weighted by Crippen LogP contribution is -2.17. The highest BCUT2D eigenvalue weighted by atomic mass is 16.5. The fourth-order valence-electron chi connectivity index (χ4n) is 3.71. The van der Waals surface area contributed by atoms with Gasteiger partial charge in [-0.15, -0.1) is 5.10 Å². The predicted octanol–water partition coefficient (Wildman–Crippen LogP) is 3.75. The first-order chi connectivity index (χ1) is 13.7. The van der Waals surface area contributed by atoms with Crippen molar-refractivity contribution in [1.29, 1.82) is 0 Å². The maximum absolute atomic E-state index is 12.3. The molecule has 0 radical (unpaired) electrons. The van der Waals surface area contributed by atoms with E-state index in [1.807, 2.05) is 60.1 Å². The van der Waals surface area contributed by atoms with Gasteiger partial charge in [-0.1, -0.05) is 53.7 Å². The first-order valence-electron chi connectivity index (χ1n) is 9.47. The minimum absolute atomic E-state index is 0.0868. The Bertz CT molecular complexity index is 1030. The zero-order chi connectivity index (χ0) is 19.5. The first-order valence-corrected chi connectivity index (χ1v) is 9.47. The van der Waals surface area contributed by atoms with Gasteiger partial charge in [0.05, 0.1) is 12.1 Å². The molecule has 3 aromatic rings. The normalized spacial score (nSPS) is 14.8. The summed E-state index contributed by atoms with van der Waals surface area (Å²) < 4.78 is 7.71. The van der Waals surface area contributed by atoms with E-state index in [2.05, 4.69) is 10.3 Å². The number of carbonyl (C=O) groups is 2. The van der Waals surface area contributed by atoms with Crippen LogP contribution < -0.4 is 0 Å². The highest BCUT2D eigenvalue weighted by molar-refractivity contribution is 5.83. The zero-order valence-corrected chi connectivity index (χ0v) is 15.7. The van der Waals surface area contributed by atoms with Crippen LogP contribution in [-0.2, 0) is 27.3 Å². The largest absolute Gasteiger partial charge is 0.457 e. The summed E-state index contributed by atoms with van der Waals surface area (Å²) in [7, 11) is 0. The summed E-state index contributed by atoms with van der Waals surface area (Å²) in [5, 5.41) is 8.81. The van der Waals surface area contributed by atoms with Crippen LogP contribution in [0.3, 0.4) is 0 Å². The van der Waals surface area contributed by atoms with Gasteiger partial charge in [0.25, 0.3) is 0 Å². The van der Waals surface area contributed by atoms with Gasteiger partial charge >= 0.3 is 5.97 Å². The van der Waals surface area contributed by atoms with Gasteiger partial charge in [0.15, 0.2) is 0 Å². The van der Waals surface area contributed by atoms with Crippen LogP contribution in [-0.4, -0.2) is 27.2 Å². The summed E-state index contributed by atoms with van der Waals surface area (Å²) in [6.45, 7) is 2.71. The van der Waals surface area contributed by atoms with E-state index in [1.54, 1.807) is 0 Å². The standard InChI is InChI=1S/C22H21N3O3/c1-2-25-22-18-11-6-5-10-17(18)19(28-20(27)12-7-13-26)14-15-8-3-4-9-16(15)21(22)23-24-25/h3-6,8-11,13,19H,2,7,12,14H2,1H3. The van der Waals surface area contributed by atoms with E-state index in [1.165, 1.54) is 0 Å². The Morgan fingerprint density at radius 1 is 1.18 bits per heavy atom. The highest BCUT2D eigenvalue weighted by Crippen LogP contribution is 2.41. The molecule has 1 unspecified atom stereocenters. The lowest BCUT2D eigenvalue weighted by molar-refractivity contribution is -0.150. The molecule has 0 bridgehead atoms. The van der Waals surface area contributed by atoms with Crippen molar-refractivity contribution in [3.8, 4) is 22.5 Å². The van der Waals surface area contributed by atoms with Crippen LogP contribution in [0.5, 0.6) is 0 Å². The highest BCUT2D eigenvalue weighted by Gasteiger charge is 2.29. The molecule has 1 atom stereocenters. The number of hydrogen-bond donors (Lipinski definition) is 0. The van der Waals surface area contributed by atoms with Crippen LogP contribution in [0.25, 0.3) is 22.5 Å². The van der Waals surface area contributed by atoms with Crippen LogP contribution in [0.4, 0.5) is 0 Å². The SMILES string of the molecule is CCn1nnc2c1-c1ccccc1C(OC(=O)CCC=O)Cc1ccccc1-2. The van der Waals surface area contributed by atoms with E-state index < -0.39 is 6.10 Å². The van der Waals surface area contributed by atoms with Gasteiger partial charge in [-0.3, -0.25) is 4.79 Å². The molecular weight excluding hydrogens is 354 g/mol. The summed E-state index contributed by atoms with van der Waals surface area (Å²) in [5.74, 6) is -0.368. The smallest absolute Gasteiger partial charge is 0.306 e. The number of ether oxygens (including phenoxy) is 1. The predicted molar refractivity (Wildman–Crippen MR) is 104 cm³/mol. The van der Waals surface area contributed by atoms with E-state index in [-0.39, 0.29) is 18.8 Å². The minimum atomic E-state index is -0.440. The maximum atomic E-state index is 12.3. The quantitative estimate of drug-likeness (QED) is 0.501. The molecule has 1 aromatic heterocycles. The average Bonchev–Trinajstić information content (AvgIpc) is 3.14. The van der Waals surface area contributed by atoms with Crippen LogP contribution in [0.2, 0.25) is 0 Å². The summed E-state index contributed by atoms with van der Waals surface area (Å²) in [5.41, 5.74) is 5.71. The molecular formula is C22H21N3O3. The van der Waals surface area contributed by atoms with Crippen molar-refractivity contribution in [2.24, 2.45) is 0 Å². The zero-order valence-electron chi connectivity index (χ0n) is 15.7. The van der Waals surface area contributed by atoms with Crippen molar-refractivity contribution in [1.82, 2.24) is 15.0 Å². The van der Waals surface area contributed by atoms with Gasteiger partial charge in [0, 0.05) is 36.1 Å². The van der Waals surface area contributed by atoms with Crippen molar-refractivity contribution in [2.75, 3.05) is 0 Å². The lowest BCUT2D eigenvalue weighted by atomic mass is 9.87. The molecule has 4 rings (SSSR count). The number of aromatic nitrogens is 3. The molecule has 0 N–H and O–H groups in total. The van der Waals surface area contributed by atoms with Crippen molar-refractivity contribution < 1.29 is 14.3 Å². The van der Waals surface area contributed by atoms with Crippen LogP contribution in [0, 0.1) is 0 Å². The Labute approximate surface area is 163 Å². The number of hydrogen-bond acceptors (Lipinski definition) is 5. The van der Waals surface area contributed by atoms with E-state index in [0.29, 0.717) is 13.0 Å². The van der Waals surface area contributed by atoms with Crippen molar-refractivity contribution in [3.63, 3.8) is 0 Å².